The van der Waals surface area contributed by atoms with E-state index in [1.165, 1.54) is 0 Å². The van der Waals surface area contributed by atoms with Crippen LogP contribution in [0.25, 0.3) is 10.9 Å². The number of nitrogens with one attached hydrogen (secondary N) is 1. The summed E-state index contributed by atoms with van der Waals surface area (Å²) in [5.74, 6) is 0.616. The molecule has 3 aromatic rings. The summed E-state index contributed by atoms with van der Waals surface area (Å²) >= 11 is 0. The highest BCUT2D eigenvalue weighted by Gasteiger charge is 2.24. The van der Waals surface area contributed by atoms with Crippen molar-refractivity contribution in [3.63, 3.8) is 0 Å². The summed E-state index contributed by atoms with van der Waals surface area (Å²) in [7, 11) is 0. The first kappa shape index (κ1) is 13.7. The van der Waals surface area contributed by atoms with Crippen molar-refractivity contribution in [2.75, 3.05) is 6.61 Å². The number of ether oxygens (including phenoxy) is 1. The van der Waals surface area contributed by atoms with Gasteiger partial charge in [-0.05, 0) is 30.3 Å². The summed E-state index contributed by atoms with van der Waals surface area (Å²) in [5.41, 5.74) is 2.19. The maximum atomic E-state index is 12.6. The molecule has 4 rings (SSSR count). The van der Waals surface area contributed by atoms with E-state index in [9.17, 15) is 4.79 Å². The summed E-state index contributed by atoms with van der Waals surface area (Å²) in [6.07, 6.45) is 4.15. The lowest BCUT2D eigenvalue weighted by Crippen LogP contribution is -2.32. The van der Waals surface area contributed by atoms with E-state index in [2.05, 4.69) is 15.3 Å². The van der Waals surface area contributed by atoms with Crippen molar-refractivity contribution < 1.29 is 9.53 Å². The number of benzene rings is 1. The molecule has 1 amide bonds. The monoisotopic (exact) mass is 305 g/mol. The Bertz CT molecular complexity index is 879. The van der Waals surface area contributed by atoms with E-state index in [1.54, 1.807) is 12.4 Å². The molecule has 0 spiro atoms. The molecule has 5 nitrogen and oxygen atoms in total. The van der Waals surface area contributed by atoms with E-state index in [-0.39, 0.29) is 11.9 Å². The van der Waals surface area contributed by atoms with Crippen LogP contribution in [-0.2, 0) is 0 Å². The van der Waals surface area contributed by atoms with Crippen LogP contribution in [0.15, 0.2) is 54.9 Å². The Morgan fingerprint density at radius 3 is 2.96 bits per heavy atom. The second kappa shape index (κ2) is 5.68. The lowest BCUT2D eigenvalue weighted by molar-refractivity contribution is 0.0923. The summed E-state index contributed by atoms with van der Waals surface area (Å²) in [4.78, 5) is 21.2. The number of pyridine rings is 2. The molecular weight excluding hydrogens is 290 g/mol. The van der Waals surface area contributed by atoms with E-state index in [0.717, 1.165) is 22.3 Å². The lowest BCUT2D eigenvalue weighted by atomic mass is 10.1. The number of hydrogen-bond acceptors (Lipinski definition) is 4. The molecule has 1 N–H and O–H groups in total. The van der Waals surface area contributed by atoms with Gasteiger partial charge in [0.2, 0.25) is 0 Å². The third kappa shape index (κ3) is 2.61. The zero-order valence-electron chi connectivity index (χ0n) is 12.4. The molecule has 2 aromatic heterocycles. The van der Waals surface area contributed by atoms with Gasteiger partial charge in [0.15, 0.2) is 0 Å². The maximum absolute atomic E-state index is 12.6. The Morgan fingerprint density at radius 1 is 1.13 bits per heavy atom. The second-order valence-corrected chi connectivity index (χ2v) is 5.46. The van der Waals surface area contributed by atoms with E-state index in [4.69, 9.17) is 4.74 Å². The van der Waals surface area contributed by atoms with Crippen molar-refractivity contribution in [3.8, 4) is 5.75 Å². The molecule has 1 aromatic carbocycles. The van der Waals surface area contributed by atoms with Crippen molar-refractivity contribution in [2.24, 2.45) is 0 Å². The number of nitrogens with zero attached hydrogens (tertiary/aromatic N) is 2. The zero-order valence-corrected chi connectivity index (χ0v) is 12.4. The number of hydrogen-bond donors (Lipinski definition) is 1. The topological polar surface area (TPSA) is 64.1 Å². The van der Waals surface area contributed by atoms with E-state index < -0.39 is 0 Å². The van der Waals surface area contributed by atoms with Gasteiger partial charge in [0.1, 0.15) is 11.4 Å². The van der Waals surface area contributed by atoms with Crippen molar-refractivity contribution in [1.82, 2.24) is 15.3 Å². The number of carbonyl (C=O) groups excluding carboxylic acids is 1. The van der Waals surface area contributed by atoms with Crippen LogP contribution in [0.1, 0.15) is 28.5 Å². The van der Waals surface area contributed by atoms with Crippen LogP contribution < -0.4 is 10.1 Å². The summed E-state index contributed by atoms with van der Waals surface area (Å²) in [6, 6.07) is 13.0. The molecule has 0 saturated carbocycles. The molecule has 3 heterocycles. The number of carbonyl (C=O) groups is 1. The van der Waals surface area contributed by atoms with E-state index >= 15 is 0 Å². The molecule has 0 bridgehead atoms. The fourth-order valence-electron chi connectivity index (χ4n) is 2.80. The highest BCUT2D eigenvalue weighted by atomic mass is 16.5. The van der Waals surface area contributed by atoms with Crippen molar-refractivity contribution in [3.05, 3.63) is 66.1 Å². The van der Waals surface area contributed by atoms with Gasteiger partial charge < -0.3 is 10.1 Å². The van der Waals surface area contributed by atoms with Gasteiger partial charge in [-0.1, -0.05) is 12.1 Å². The Hall–Kier alpha value is -2.95. The number of rotatable bonds is 2. The molecule has 1 atom stereocenters. The van der Waals surface area contributed by atoms with Gasteiger partial charge in [0, 0.05) is 29.8 Å². The molecule has 1 aliphatic heterocycles. The largest absolute Gasteiger partial charge is 0.491 e. The first-order chi connectivity index (χ1) is 11.3. The number of aromatic nitrogens is 2. The quantitative estimate of drug-likeness (QED) is 0.790. The fraction of sp³-hybridized carbons (Fsp3) is 0.167. The smallest absolute Gasteiger partial charge is 0.251 e. The van der Waals surface area contributed by atoms with Crippen LogP contribution in [0.3, 0.4) is 0 Å². The molecule has 0 aliphatic carbocycles. The molecular formula is C18H15N3O2. The third-order valence-electron chi connectivity index (χ3n) is 3.97. The van der Waals surface area contributed by atoms with Gasteiger partial charge in [-0.15, -0.1) is 0 Å². The molecule has 0 saturated heterocycles. The van der Waals surface area contributed by atoms with Gasteiger partial charge >= 0.3 is 0 Å². The molecule has 23 heavy (non-hydrogen) atoms. The Morgan fingerprint density at radius 2 is 2.00 bits per heavy atom. The molecule has 0 radical (unpaired) electrons. The first-order valence-corrected chi connectivity index (χ1v) is 7.54. The average Bonchev–Trinajstić information content (AvgIpc) is 2.61. The molecule has 5 heteroatoms. The number of fused-ring (bicyclic) bond motifs is 2. The minimum Gasteiger partial charge on any atom is -0.491 e. The van der Waals surface area contributed by atoms with Gasteiger partial charge in [0.05, 0.1) is 18.2 Å². The van der Waals surface area contributed by atoms with Gasteiger partial charge in [-0.3, -0.25) is 14.8 Å². The minimum atomic E-state index is -0.133. The maximum Gasteiger partial charge on any atom is 0.251 e. The van der Waals surface area contributed by atoms with Crippen molar-refractivity contribution in [2.45, 2.75) is 12.5 Å². The highest BCUT2D eigenvalue weighted by molar-refractivity contribution is 5.97. The summed E-state index contributed by atoms with van der Waals surface area (Å²) in [6.45, 7) is 0.572. The Balaban J connectivity index is 1.60. The van der Waals surface area contributed by atoms with Crippen LogP contribution in [0.2, 0.25) is 0 Å². The second-order valence-electron chi connectivity index (χ2n) is 5.46. The van der Waals surface area contributed by atoms with E-state index in [0.29, 0.717) is 18.6 Å². The Labute approximate surface area is 133 Å². The Kier molecular flexibility index (Phi) is 3.38. The van der Waals surface area contributed by atoms with Crippen molar-refractivity contribution in [1.29, 1.82) is 0 Å². The first-order valence-electron chi connectivity index (χ1n) is 7.54. The van der Waals surface area contributed by atoms with Crippen LogP contribution in [0.4, 0.5) is 0 Å². The van der Waals surface area contributed by atoms with Crippen LogP contribution in [0.5, 0.6) is 5.75 Å². The molecule has 0 fully saturated rings. The van der Waals surface area contributed by atoms with Gasteiger partial charge in [0.25, 0.3) is 5.91 Å². The SMILES string of the molecule is O=C(NC1CCOc2cccnc21)c1ccc2cccnc2c1. The molecule has 114 valence electrons. The summed E-state index contributed by atoms with van der Waals surface area (Å²) < 4.78 is 5.57. The highest BCUT2D eigenvalue weighted by Crippen LogP contribution is 2.29. The predicted molar refractivity (Wildman–Crippen MR) is 86.3 cm³/mol. The average molecular weight is 305 g/mol. The third-order valence-corrected chi connectivity index (χ3v) is 3.97. The minimum absolute atomic E-state index is 0.124. The molecule has 1 unspecified atom stereocenters. The van der Waals surface area contributed by atoms with E-state index in [1.807, 2.05) is 42.5 Å². The molecule has 1 aliphatic rings. The standard InChI is InChI=1S/C18H15N3O2/c22-18(13-6-5-12-3-1-8-19-15(12)11-13)21-14-7-10-23-16-4-2-9-20-17(14)16/h1-6,8-9,11,14H,7,10H2,(H,21,22). The van der Waals surface area contributed by atoms with Gasteiger partial charge in [-0.25, -0.2) is 0 Å². The van der Waals surface area contributed by atoms with Crippen LogP contribution in [0, 0.1) is 0 Å². The lowest BCUT2D eigenvalue weighted by Gasteiger charge is -2.25. The summed E-state index contributed by atoms with van der Waals surface area (Å²) in [5, 5.41) is 4.06. The predicted octanol–water partition coefficient (Wildman–Crippen LogP) is 2.88. The van der Waals surface area contributed by atoms with Crippen molar-refractivity contribution >= 4 is 16.8 Å². The fourth-order valence-corrected chi connectivity index (χ4v) is 2.80. The normalized spacial score (nSPS) is 16.4. The number of amides is 1. The van der Waals surface area contributed by atoms with Crippen LogP contribution >= 0.6 is 0 Å². The van der Waals surface area contributed by atoms with Crippen LogP contribution in [-0.4, -0.2) is 22.5 Å². The zero-order chi connectivity index (χ0) is 15.6. The van der Waals surface area contributed by atoms with Gasteiger partial charge in [-0.2, -0.15) is 0 Å².